The van der Waals surface area contributed by atoms with Crippen molar-refractivity contribution in [1.29, 1.82) is 0 Å². The third kappa shape index (κ3) is 4.76. The highest BCUT2D eigenvalue weighted by atomic mass is 32.2. The summed E-state index contributed by atoms with van der Waals surface area (Å²) in [6.07, 6.45) is 9.76. The van der Waals surface area contributed by atoms with E-state index < -0.39 is 15.6 Å². The Morgan fingerprint density at radius 1 is 1.21 bits per heavy atom. The van der Waals surface area contributed by atoms with Crippen molar-refractivity contribution in [2.45, 2.75) is 43.2 Å². The molecule has 1 aliphatic rings. The van der Waals surface area contributed by atoms with E-state index in [1.807, 2.05) is 43.3 Å². The first-order chi connectivity index (χ1) is 16.2. The number of nitrogens with zero attached hydrogens (tertiary/aromatic N) is 3. The number of aromatic nitrogens is 2. The molecule has 1 amide bonds. The molecule has 2 N–H and O–H groups in total. The van der Waals surface area contributed by atoms with Crippen LogP contribution in [0.5, 0.6) is 0 Å². The lowest BCUT2D eigenvalue weighted by atomic mass is 9.99. The van der Waals surface area contributed by atoms with E-state index in [9.17, 15) is 9.00 Å². The van der Waals surface area contributed by atoms with Gasteiger partial charge in [0.05, 0.1) is 15.2 Å². The first-order valence-corrected chi connectivity index (χ1v) is 12.8. The minimum Gasteiger partial charge on any atom is -0.349 e. The van der Waals surface area contributed by atoms with Crippen molar-refractivity contribution in [3.05, 3.63) is 48.2 Å². The van der Waals surface area contributed by atoms with E-state index in [4.69, 9.17) is 6.42 Å². The maximum atomic E-state index is 13.0. The van der Waals surface area contributed by atoms with Crippen molar-refractivity contribution >= 4 is 38.3 Å². The number of carbonyl (C=O) groups is 1. The fourth-order valence-corrected chi connectivity index (χ4v) is 5.28. The predicted molar refractivity (Wildman–Crippen MR) is 139 cm³/mol. The van der Waals surface area contributed by atoms with Crippen LogP contribution in [0.3, 0.4) is 0 Å². The lowest BCUT2D eigenvalue weighted by Gasteiger charge is -2.21. The molecule has 7 nitrogen and oxygen atoms in total. The van der Waals surface area contributed by atoms with E-state index in [-0.39, 0.29) is 12.1 Å². The summed E-state index contributed by atoms with van der Waals surface area (Å²) in [6, 6.07) is 11.8. The van der Waals surface area contributed by atoms with E-state index in [0.717, 1.165) is 46.9 Å². The Morgan fingerprint density at radius 3 is 2.71 bits per heavy atom. The first-order valence-electron chi connectivity index (χ1n) is 11.2. The number of hydrogen-bond acceptors (Lipinski definition) is 5. The Kier molecular flexibility index (Phi) is 6.60. The van der Waals surface area contributed by atoms with Crippen molar-refractivity contribution in [2.75, 3.05) is 19.4 Å². The molecule has 1 heterocycles. The first kappa shape index (κ1) is 23.7. The number of rotatable bonds is 6. The molecule has 0 bridgehead atoms. The molecule has 34 heavy (non-hydrogen) atoms. The minimum atomic E-state index is -2.53. The second-order valence-corrected chi connectivity index (χ2v) is 11.3. The molecule has 2 aromatic carbocycles. The average Bonchev–Trinajstić information content (AvgIpc) is 3.24. The summed E-state index contributed by atoms with van der Waals surface area (Å²) in [6.45, 7) is 2.03. The number of terminal acetylenes is 1. The van der Waals surface area contributed by atoms with Gasteiger partial charge in [-0.2, -0.15) is 0 Å². The van der Waals surface area contributed by atoms with Gasteiger partial charge in [0.2, 0.25) is 5.95 Å². The van der Waals surface area contributed by atoms with Crippen LogP contribution in [0, 0.1) is 19.3 Å². The normalized spacial score (nSPS) is 19.5. The number of amides is 1. The van der Waals surface area contributed by atoms with E-state index in [1.54, 1.807) is 24.6 Å². The second-order valence-electron chi connectivity index (χ2n) is 8.80. The van der Waals surface area contributed by atoms with Gasteiger partial charge in [-0.05, 0) is 93.0 Å². The maximum Gasteiger partial charge on any atom is 0.295 e. The summed E-state index contributed by atoms with van der Waals surface area (Å²) < 4.78 is 14.7. The topological polar surface area (TPSA) is 87.2 Å². The van der Waals surface area contributed by atoms with E-state index >= 15 is 0 Å². The van der Waals surface area contributed by atoms with Crippen molar-refractivity contribution in [3.8, 4) is 23.5 Å². The molecule has 176 valence electrons. The van der Waals surface area contributed by atoms with Crippen LogP contribution < -0.4 is 10.6 Å². The zero-order valence-corrected chi connectivity index (χ0v) is 20.5. The summed E-state index contributed by atoms with van der Waals surface area (Å²) in [5.74, 6) is 6.16. The summed E-state index contributed by atoms with van der Waals surface area (Å²) in [5, 5.41) is 7.12. The highest BCUT2D eigenvalue weighted by molar-refractivity contribution is 7.98. The van der Waals surface area contributed by atoms with Gasteiger partial charge in [0.15, 0.2) is 0 Å². The Morgan fingerprint density at radius 2 is 1.97 bits per heavy atom. The molecule has 3 atom stereocenters. The van der Waals surface area contributed by atoms with Gasteiger partial charge in [-0.3, -0.25) is 4.79 Å². The number of benzene rings is 2. The van der Waals surface area contributed by atoms with Crippen molar-refractivity contribution < 1.29 is 9.00 Å². The number of nitrogens with one attached hydrogen (secondary N) is 2. The Balaban J connectivity index is 1.60. The molecule has 1 saturated carbocycles. The van der Waals surface area contributed by atoms with Crippen LogP contribution in [0.4, 0.5) is 5.95 Å². The summed E-state index contributed by atoms with van der Waals surface area (Å²) in [5.41, 5.74) is 3.89. The Labute approximate surface area is 201 Å². The van der Waals surface area contributed by atoms with Crippen LogP contribution in [0.1, 0.15) is 24.8 Å². The summed E-state index contributed by atoms with van der Waals surface area (Å²) >= 11 is 0. The van der Waals surface area contributed by atoms with Crippen LogP contribution >= 0.6 is 0 Å². The van der Waals surface area contributed by atoms with Crippen molar-refractivity contribution in [3.63, 3.8) is 0 Å². The zero-order valence-electron chi connectivity index (χ0n) is 19.7. The molecule has 0 radical (unpaired) electrons. The second kappa shape index (κ2) is 9.45. The SMILES string of the molecule is C#CC(=O)N[C@H]1CCC[C@H]1Nc1ncc2cc(-c3cc(S(=C)(=O)N(C)C)ccc3C)ccc2n1. The predicted octanol–water partition coefficient (Wildman–Crippen LogP) is 3.24. The van der Waals surface area contributed by atoms with Crippen molar-refractivity contribution in [1.82, 2.24) is 19.6 Å². The average molecular weight is 476 g/mol. The molecule has 3 aromatic rings. The monoisotopic (exact) mass is 475 g/mol. The number of hydrogen-bond donors (Lipinski definition) is 2. The molecule has 0 saturated heterocycles. The molecule has 1 fully saturated rings. The molecule has 1 aromatic heterocycles. The van der Waals surface area contributed by atoms with Gasteiger partial charge in [0.1, 0.15) is 0 Å². The van der Waals surface area contributed by atoms with Crippen LogP contribution in [-0.4, -0.2) is 56.4 Å². The Bertz CT molecular complexity index is 1390. The third-order valence-corrected chi connectivity index (χ3v) is 8.51. The highest BCUT2D eigenvalue weighted by Crippen LogP contribution is 2.30. The zero-order chi connectivity index (χ0) is 24.5. The van der Waals surface area contributed by atoms with Gasteiger partial charge in [-0.25, -0.2) is 18.5 Å². The van der Waals surface area contributed by atoms with Gasteiger partial charge < -0.3 is 10.6 Å². The van der Waals surface area contributed by atoms with Crippen LogP contribution in [-0.2, 0) is 14.5 Å². The molecule has 1 aliphatic carbocycles. The van der Waals surface area contributed by atoms with E-state index in [2.05, 4.69) is 32.4 Å². The molecule has 4 rings (SSSR count). The third-order valence-electron chi connectivity index (χ3n) is 6.34. The highest BCUT2D eigenvalue weighted by Gasteiger charge is 2.28. The van der Waals surface area contributed by atoms with Gasteiger partial charge >= 0.3 is 0 Å². The number of anilines is 1. The largest absolute Gasteiger partial charge is 0.349 e. The lowest BCUT2D eigenvalue weighted by Crippen LogP contribution is -2.43. The number of carbonyl (C=O) groups excluding carboxylic acids is 1. The number of fused-ring (bicyclic) bond motifs is 1. The van der Waals surface area contributed by atoms with Crippen molar-refractivity contribution in [2.24, 2.45) is 0 Å². The van der Waals surface area contributed by atoms with E-state index in [1.165, 1.54) is 0 Å². The molecular formula is C26H29N5O2S. The minimum absolute atomic E-state index is 0.0358. The molecular weight excluding hydrogens is 446 g/mol. The van der Waals surface area contributed by atoms with E-state index in [0.29, 0.717) is 10.8 Å². The van der Waals surface area contributed by atoms with Crippen LogP contribution in [0.2, 0.25) is 0 Å². The smallest absolute Gasteiger partial charge is 0.295 e. The van der Waals surface area contributed by atoms with Crippen LogP contribution in [0.25, 0.3) is 22.0 Å². The molecule has 1 unspecified atom stereocenters. The standard InChI is InChI=1S/C26H29N5O2S/c1-6-25(32)28-23-8-7-9-24(23)30-26-27-16-19-14-18(11-13-22(19)29-26)21-15-20(12-10-17(21)2)34(5,33)31(3)4/h1,10-16,23-24H,5,7-9H2,2-4H3,(H,28,32)(H,27,29,30)/t23-,24+,34?/m0/s1. The van der Waals surface area contributed by atoms with Crippen LogP contribution in [0.15, 0.2) is 47.5 Å². The number of aryl methyl sites for hydroxylation is 1. The molecule has 0 aliphatic heterocycles. The Hall–Kier alpha value is -3.41. The quantitative estimate of drug-likeness (QED) is 0.422. The van der Waals surface area contributed by atoms with Gasteiger partial charge in [-0.15, -0.1) is 6.42 Å². The fraction of sp³-hybridized carbons (Fsp3) is 0.308. The fourth-order valence-electron chi connectivity index (χ4n) is 4.27. The summed E-state index contributed by atoms with van der Waals surface area (Å²) in [7, 11) is 1.00. The van der Waals surface area contributed by atoms with Gasteiger partial charge in [0.25, 0.3) is 5.91 Å². The summed E-state index contributed by atoms with van der Waals surface area (Å²) in [4.78, 5) is 21.5. The molecule has 8 heteroatoms. The maximum absolute atomic E-state index is 13.0. The lowest BCUT2D eigenvalue weighted by molar-refractivity contribution is -0.116. The molecule has 0 spiro atoms. The van der Waals surface area contributed by atoms with Gasteiger partial charge in [0, 0.05) is 28.6 Å². The van der Waals surface area contributed by atoms with Gasteiger partial charge in [-0.1, -0.05) is 12.1 Å².